The molecule has 0 spiro atoms. The Hall–Kier alpha value is -2.16. The summed E-state index contributed by atoms with van der Waals surface area (Å²) in [6, 6.07) is 14.5. The highest BCUT2D eigenvalue weighted by Gasteiger charge is 2.07. The van der Waals surface area contributed by atoms with Crippen LogP contribution in [0.25, 0.3) is 10.9 Å². The molecule has 0 saturated heterocycles. The molecule has 2 aromatic heterocycles. The van der Waals surface area contributed by atoms with Crippen LogP contribution >= 0.6 is 0 Å². The lowest BCUT2D eigenvalue weighted by molar-refractivity contribution is 0.685. The van der Waals surface area contributed by atoms with E-state index in [9.17, 15) is 0 Å². The van der Waals surface area contributed by atoms with E-state index in [1.807, 2.05) is 4.68 Å². The fourth-order valence-electron chi connectivity index (χ4n) is 2.38. The van der Waals surface area contributed by atoms with Gasteiger partial charge in [-0.15, -0.1) is 0 Å². The number of nitrogens with zero attached hydrogens (tertiary/aromatic N) is 3. The van der Waals surface area contributed by atoms with Crippen molar-refractivity contribution in [3.63, 3.8) is 0 Å². The maximum atomic E-state index is 4.64. The van der Waals surface area contributed by atoms with Crippen LogP contribution in [-0.4, -0.2) is 14.8 Å². The number of hydrogen-bond acceptors (Lipinski definition) is 2. The second-order valence-electron chi connectivity index (χ2n) is 4.73. The van der Waals surface area contributed by atoms with Crippen LogP contribution < -0.4 is 0 Å². The van der Waals surface area contributed by atoms with E-state index in [2.05, 4.69) is 66.4 Å². The van der Waals surface area contributed by atoms with Crippen LogP contribution in [0.2, 0.25) is 0 Å². The highest BCUT2D eigenvalue weighted by molar-refractivity contribution is 5.81. The first-order valence-corrected chi connectivity index (χ1v) is 6.65. The van der Waals surface area contributed by atoms with Crippen molar-refractivity contribution in [3.8, 4) is 0 Å². The molecule has 0 aliphatic rings. The van der Waals surface area contributed by atoms with E-state index in [0.29, 0.717) is 0 Å². The topological polar surface area (TPSA) is 30.7 Å². The maximum absolute atomic E-state index is 4.64. The molecule has 1 aromatic carbocycles. The molecule has 0 N–H and O–H groups in total. The number of fused-ring (bicyclic) bond motifs is 1. The molecule has 0 fully saturated rings. The molecule has 0 unspecified atom stereocenters. The largest absolute Gasteiger partial charge is 0.259 e. The molecule has 3 rings (SSSR count). The summed E-state index contributed by atoms with van der Waals surface area (Å²) in [5.41, 5.74) is 4.43. The average molecular weight is 251 g/mol. The Balaban J connectivity index is 2.01. The molecule has 19 heavy (non-hydrogen) atoms. The van der Waals surface area contributed by atoms with Crippen LogP contribution in [0.4, 0.5) is 0 Å². The van der Waals surface area contributed by atoms with Crippen molar-refractivity contribution in [2.75, 3.05) is 0 Å². The van der Waals surface area contributed by atoms with Crippen molar-refractivity contribution in [1.29, 1.82) is 0 Å². The van der Waals surface area contributed by atoms with Gasteiger partial charge in [0.05, 0.1) is 23.4 Å². The van der Waals surface area contributed by atoms with E-state index in [0.717, 1.165) is 30.0 Å². The average Bonchev–Trinajstić information content (AvgIpc) is 2.76. The lowest BCUT2D eigenvalue weighted by Crippen LogP contribution is -2.04. The molecule has 3 nitrogen and oxygen atoms in total. The lowest BCUT2D eigenvalue weighted by atomic mass is 10.2. The SMILES string of the molecule is CCc1cccc(Cn2nc(C)c3ccccc32)n1. The summed E-state index contributed by atoms with van der Waals surface area (Å²) in [7, 11) is 0. The standard InChI is InChI=1S/C16H17N3/c1-3-13-7-6-8-14(17-13)11-19-16-10-5-4-9-15(16)12(2)18-19/h4-10H,3,11H2,1-2H3. The summed E-state index contributed by atoms with van der Waals surface area (Å²) < 4.78 is 2.03. The summed E-state index contributed by atoms with van der Waals surface area (Å²) in [5.74, 6) is 0. The molecule has 0 bridgehead atoms. The molecule has 0 atom stereocenters. The number of aryl methyl sites for hydroxylation is 2. The van der Waals surface area contributed by atoms with Crippen LogP contribution in [0.1, 0.15) is 24.0 Å². The first-order valence-electron chi connectivity index (χ1n) is 6.65. The highest BCUT2D eigenvalue weighted by atomic mass is 15.3. The minimum absolute atomic E-state index is 0.724. The minimum Gasteiger partial charge on any atom is -0.259 e. The van der Waals surface area contributed by atoms with Crippen molar-refractivity contribution in [2.24, 2.45) is 0 Å². The van der Waals surface area contributed by atoms with Crippen molar-refractivity contribution in [2.45, 2.75) is 26.8 Å². The monoisotopic (exact) mass is 251 g/mol. The predicted octanol–water partition coefficient (Wildman–Crippen LogP) is 3.35. The van der Waals surface area contributed by atoms with E-state index in [1.54, 1.807) is 0 Å². The van der Waals surface area contributed by atoms with Gasteiger partial charge in [0.25, 0.3) is 0 Å². The molecule has 0 radical (unpaired) electrons. The Morgan fingerprint density at radius 1 is 1.00 bits per heavy atom. The fraction of sp³-hybridized carbons (Fsp3) is 0.250. The molecule has 3 aromatic rings. The van der Waals surface area contributed by atoms with Crippen LogP contribution in [0.15, 0.2) is 42.5 Å². The Morgan fingerprint density at radius 2 is 1.79 bits per heavy atom. The Bertz CT molecular complexity index is 713. The molecule has 2 heterocycles. The van der Waals surface area contributed by atoms with Crippen molar-refractivity contribution in [1.82, 2.24) is 14.8 Å². The van der Waals surface area contributed by atoms with Crippen molar-refractivity contribution in [3.05, 3.63) is 59.5 Å². The molecule has 0 amide bonds. The van der Waals surface area contributed by atoms with Gasteiger partial charge < -0.3 is 0 Å². The van der Waals surface area contributed by atoms with Gasteiger partial charge >= 0.3 is 0 Å². The Labute approximate surface area is 112 Å². The smallest absolute Gasteiger partial charge is 0.0838 e. The van der Waals surface area contributed by atoms with Crippen molar-refractivity contribution < 1.29 is 0 Å². The van der Waals surface area contributed by atoms with Crippen molar-refractivity contribution >= 4 is 10.9 Å². The molecular formula is C16H17N3. The van der Waals surface area contributed by atoms with E-state index in [4.69, 9.17) is 0 Å². The summed E-state index contributed by atoms with van der Waals surface area (Å²) in [4.78, 5) is 4.64. The number of hydrogen-bond donors (Lipinski definition) is 0. The number of pyridine rings is 1. The van der Waals surface area contributed by atoms with E-state index in [-0.39, 0.29) is 0 Å². The third-order valence-electron chi connectivity index (χ3n) is 3.38. The van der Waals surface area contributed by atoms with Gasteiger partial charge in [0.1, 0.15) is 0 Å². The van der Waals surface area contributed by atoms with Gasteiger partial charge in [-0.3, -0.25) is 9.67 Å². The minimum atomic E-state index is 0.724. The number of para-hydroxylation sites is 1. The summed E-state index contributed by atoms with van der Waals surface area (Å²) in [5, 5.41) is 5.83. The summed E-state index contributed by atoms with van der Waals surface area (Å²) in [6.45, 7) is 4.90. The first kappa shape index (κ1) is 11.9. The number of rotatable bonds is 3. The fourth-order valence-corrected chi connectivity index (χ4v) is 2.38. The van der Waals surface area contributed by atoms with Gasteiger partial charge in [0.2, 0.25) is 0 Å². The van der Waals surface area contributed by atoms with Gasteiger partial charge in [-0.25, -0.2) is 0 Å². The van der Waals surface area contributed by atoms with E-state index in [1.165, 1.54) is 10.9 Å². The van der Waals surface area contributed by atoms with Gasteiger partial charge in [-0.2, -0.15) is 5.10 Å². The summed E-state index contributed by atoms with van der Waals surface area (Å²) >= 11 is 0. The molecule has 3 heteroatoms. The van der Waals surface area contributed by atoms with Crippen LogP contribution in [0.5, 0.6) is 0 Å². The normalized spacial score (nSPS) is 11.1. The maximum Gasteiger partial charge on any atom is 0.0838 e. The second kappa shape index (κ2) is 4.84. The van der Waals surface area contributed by atoms with Crippen LogP contribution in [-0.2, 0) is 13.0 Å². The Morgan fingerprint density at radius 3 is 2.63 bits per heavy atom. The molecule has 96 valence electrons. The van der Waals surface area contributed by atoms with Crippen LogP contribution in [0.3, 0.4) is 0 Å². The lowest BCUT2D eigenvalue weighted by Gasteiger charge is -2.04. The molecular weight excluding hydrogens is 234 g/mol. The number of benzene rings is 1. The zero-order valence-electron chi connectivity index (χ0n) is 11.3. The Kier molecular flexibility index (Phi) is 3.03. The van der Waals surface area contributed by atoms with Gasteiger partial charge in [-0.1, -0.05) is 31.2 Å². The highest BCUT2D eigenvalue weighted by Crippen LogP contribution is 2.18. The molecule has 0 aliphatic heterocycles. The third-order valence-corrected chi connectivity index (χ3v) is 3.38. The second-order valence-corrected chi connectivity index (χ2v) is 4.73. The third kappa shape index (κ3) is 2.24. The number of aromatic nitrogens is 3. The quantitative estimate of drug-likeness (QED) is 0.714. The van der Waals surface area contributed by atoms with Crippen LogP contribution in [0, 0.1) is 6.92 Å². The first-order chi connectivity index (χ1) is 9.28. The van der Waals surface area contributed by atoms with Gasteiger partial charge in [0, 0.05) is 11.1 Å². The predicted molar refractivity (Wildman–Crippen MR) is 77.2 cm³/mol. The molecule has 0 aliphatic carbocycles. The van der Waals surface area contributed by atoms with Gasteiger partial charge in [-0.05, 0) is 31.5 Å². The van der Waals surface area contributed by atoms with E-state index < -0.39 is 0 Å². The zero-order chi connectivity index (χ0) is 13.2. The zero-order valence-corrected chi connectivity index (χ0v) is 11.3. The van der Waals surface area contributed by atoms with Gasteiger partial charge in [0.15, 0.2) is 0 Å². The molecule has 0 saturated carbocycles. The van der Waals surface area contributed by atoms with E-state index >= 15 is 0 Å². The summed E-state index contributed by atoms with van der Waals surface area (Å²) in [6.07, 6.45) is 0.965.